The molecule has 1 N–H and O–H groups in total. The van der Waals surface area contributed by atoms with Gasteiger partial charge in [-0.15, -0.1) is 0 Å². The molecule has 0 spiro atoms. The molecule has 0 aliphatic rings. The standard InChI is InChI=1S/C11H21NO6S/c1-11(2,3)18-10(15)12(4)8(9(13)14)6-7-19(5,16)17/h8H,6-7H2,1-5H3,(H,13,14)/t8-/m1/s1. The molecular formula is C11H21NO6S. The Bertz CT molecular complexity index is 437. The van der Waals surface area contributed by atoms with Gasteiger partial charge in [-0.1, -0.05) is 0 Å². The molecule has 0 aliphatic heterocycles. The Morgan fingerprint density at radius 2 is 1.79 bits per heavy atom. The number of aliphatic carboxylic acids is 1. The Morgan fingerprint density at radius 3 is 2.11 bits per heavy atom. The third kappa shape index (κ3) is 7.66. The van der Waals surface area contributed by atoms with Gasteiger partial charge in [0.25, 0.3) is 0 Å². The van der Waals surface area contributed by atoms with Crippen LogP contribution < -0.4 is 0 Å². The third-order valence-corrected chi connectivity index (χ3v) is 3.17. The van der Waals surface area contributed by atoms with Gasteiger partial charge in [0.05, 0.1) is 5.75 Å². The van der Waals surface area contributed by atoms with E-state index >= 15 is 0 Å². The largest absolute Gasteiger partial charge is 0.480 e. The summed E-state index contributed by atoms with van der Waals surface area (Å²) in [6.45, 7) is 4.97. The number of hydrogen-bond donors (Lipinski definition) is 1. The highest BCUT2D eigenvalue weighted by molar-refractivity contribution is 7.90. The van der Waals surface area contributed by atoms with E-state index in [2.05, 4.69) is 0 Å². The van der Waals surface area contributed by atoms with E-state index in [1.165, 1.54) is 7.05 Å². The highest BCUT2D eigenvalue weighted by Gasteiger charge is 2.30. The third-order valence-electron chi connectivity index (χ3n) is 2.20. The van der Waals surface area contributed by atoms with Gasteiger partial charge in [0.15, 0.2) is 0 Å². The summed E-state index contributed by atoms with van der Waals surface area (Å²) < 4.78 is 27.1. The van der Waals surface area contributed by atoms with Crippen LogP contribution in [-0.2, 0) is 19.4 Å². The van der Waals surface area contributed by atoms with Crippen LogP contribution in [0.15, 0.2) is 0 Å². The zero-order valence-corrected chi connectivity index (χ0v) is 12.7. The van der Waals surface area contributed by atoms with E-state index in [-0.39, 0.29) is 12.2 Å². The molecule has 0 rings (SSSR count). The number of carboxylic acids is 1. The van der Waals surface area contributed by atoms with Gasteiger partial charge >= 0.3 is 12.1 Å². The predicted molar refractivity (Wildman–Crippen MR) is 69.7 cm³/mol. The first-order chi connectivity index (χ1) is 8.33. The number of nitrogens with zero attached hydrogens (tertiary/aromatic N) is 1. The van der Waals surface area contributed by atoms with Crippen LogP contribution in [0.3, 0.4) is 0 Å². The molecule has 1 atom stereocenters. The maximum Gasteiger partial charge on any atom is 0.410 e. The molecule has 0 unspecified atom stereocenters. The number of carboxylic acid groups (broad SMARTS) is 1. The van der Waals surface area contributed by atoms with E-state index in [1.807, 2.05) is 0 Å². The molecule has 0 aromatic heterocycles. The number of hydrogen-bond acceptors (Lipinski definition) is 5. The van der Waals surface area contributed by atoms with Gasteiger partial charge in [0, 0.05) is 13.3 Å². The SMILES string of the molecule is CN(C(=O)OC(C)(C)C)[C@H](CCS(C)(=O)=O)C(=O)O. The van der Waals surface area contributed by atoms with Crippen LogP contribution in [-0.4, -0.2) is 61.2 Å². The number of likely N-dealkylation sites (N-methyl/N-ethyl adjacent to an activating group) is 1. The second kappa shape index (κ2) is 6.23. The zero-order valence-electron chi connectivity index (χ0n) is 11.8. The number of rotatable bonds is 5. The lowest BCUT2D eigenvalue weighted by molar-refractivity contribution is -0.142. The van der Waals surface area contributed by atoms with Crippen molar-refractivity contribution in [3.8, 4) is 0 Å². The van der Waals surface area contributed by atoms with Crippen molar-refractivity contribution in [1.82, 2.24) is 4.90 Å². The molecule has 0 aliphatic carbocycles. The molecular weight excluding hydrogens is 274 g/mol. The van der Waals surface area contributed by atoms with Crippen LogP contribution in [0, 0.1) is 0 Å². The molecule has 8 heteroatoms. The second-order valence-electron chi connectivity index (χ2n) is 5.36. The molecule has 0 fully saturated rings. The van der Waals surface area contributed by atoms with E-state index < -0.39 is 33.5 Å². The van der Waals surface area contributed by atoms with Crippen LogP contribution in [0.1, 0.15) is 27.2 Å². The van der Waals surface area contributed by atoms with Crippen molar-refractivity contribution in [3.05, 3.63) is 0 Å². The van der Waals surface area contributed by atoms with Crippen molar-refractivity contribution < 1.29 is 27.9 Å². The van der Waals surface area contributed by atoms with Crippen LogP contribution >= 0.6 is 0 Å². The van der Waals surface area contributed by atoms with Gasteiger partial charge in [-0.3, -0.25) is 4.90 Å². The van der Waals surface area contributed by atoms with E-state index in [4.69, 9.17) is 9.84 Å². The summed E-state index contributed by atoms with van der Waals surface area (Å²) in [6.07, 6.45) is 0.0388. The van der Waals surface area contributed by atoms with E-state index in [0.717, 1.165) is 11.2 Å². The summed E-state index contributed by atoms with van der Waals surface area (Å²) in [6, 6.07) is -1.23. The van der Waals surface area contributed by atoms with E-state index in [9.17, 15) is 18.0 Å². The molecule has 0 saturated carbocycles. The van der Waals surface area contributed by atoms with Crippen LogP contribution in [0.5, 0.6) is 0 Å². The molecule has 0 heterocycles. The molecule has 0 saturated heterocycles. The summed E-state index contributed by atoms with van der Waals surface area (Å²) >= 11 is 0. The quantitative estimate of drug-likeness (QED) is 0.803. The van der Waals surface area contributed by atoms with Gasteiger partial charge in [-0.25, -0.2) is 18.0 Å². The molecule has 0 aromatic rings. The highest BCUT2D eigenvalue weighted by atomic mass is 32.2. The maximum atomic E-state index is 11.7. The van der Waals surface area contributed by atoms with Crippen LogP contribution in [0.2, 0.25) is 0 Å². The van der Waals surface area contributed by atoms with Gasteiger partial charge < -0.3 is 9.84 Å². The van der Waals surface area contributed by atoms with Crippen LogP contribution in [0.25, 0.3) is 0 Å². The molecule has 19 heavy (non-hydrogen) atoms. The predicted octanol–water partition coefficient (Wildman–Crippen LogP) is 0.741. The van der Waals surface area contributed by atoms with Crippen molar-refractivity contribution in [2.24, 2.45) is 0 Å². The summed E-state index contributed by atoms with van der Waals surface area (Å²) in [5.74, 6) is -1.58. The Hall–Kier alpha value is -1.31. The second-order valence-corrected chi connectivity index (χ2v) is 7.62. The van der Waals surface area contributed by atoms with Gasteiger partial charge in [0.1, 0.15) is 21.5 Å². The first-order valence-corrected chi connectivity index (χ1v) is 7.76. The monoisotopic (exact) mass is 295 g/mol. The molecule has 1 amide bonds. The summed E-state index contributed by atoms with van der Waals surface area (Å²) in [4.78, 5) is 23.7. The first kappa shape index (κ1) is 17.7. The lowest BCUT2D eigenvalue weighted by Crippen LogP contribution is -2.45. The van der Waals surface area contributed by atoms with Crippen molar-refractivity contribution in [3.63, 3.8) is 0 Å². The van der Waals surface area contributed by atoms with Crippen LogP contribution in [0.4, 0.5) is 4.79 Å². The molecule has 0 aromatic carbocycles. The fourth-order valence-corrected chi connectivity index (χ4v) is 1.92. The fourth-order valence-electron chi connectivity index (χ4n) is 1.27. The fraction of sp³-hybridized carbons (Fsp3) is 0.818. The number of sulfone groups is 1. The number of carbonyl (C=O) groups is 2. The smallest absolute Gasteiger partial charge is 0.410 e. The molecule has 0 bridgehead atoms. The lowest BCUT2D eigenvalue weighted by atomic mass is 10.2. The number of ether oxygens (including phenoxy) is 1. The average Bonchev–Trinajstić information content (AvgIpc) is 2.12. The molecule has 112 valence electrons. The average molecular weight is 295 g/mol. The lowest BCUT2D eigenvalue weighted by Gasteiger charge is -2.28. The topological polar surface area (TPSA) is 101 Å². The minimum atomic E-state index is -3.29. The highest BCUT2D eigenvalue weighted by Crippen LogP contribution is 2.13. The van der Waals surface area contributed by atoms with Gasteiger partial charge in [-0.05, 0) is 27.2 Å². The van der Waals surface area contributed by atoms with Gasteiger partial charge in [-0.2, -0.15) is 0 Å². The molecule has 0 radical (unpaired) electrons. The minimum Gasteiger partial charge on any atom is -0.480 e. The maximum absolute atomic E-state index is 11.7. The first-order valence-electron chi connectivity index (χ1n) is 5.70. The molecule has 7 nitrogen and oxygen atoms in total. The number of amides is 1. The minimum absolute atomic E-state index is 0.177. The van der Waals surface area contributed by atoms with E-state index in [1.54, 1.807) is 20.8 Å². The van der Waals surface area contributed by atoms with Crippen molar-refractivity contribution in [1.29, 1.82) is 0 Å². The van der Waals surface area contributed by atoms with Gasteiger partial charge in [0.2, 0.25) is 0 Å². The summed E-state index contributed by atoms with van der Waals surface area (Å²) in [7, 11) is -2.02. The zero-order chi connectivity index (χ0) is 15.4. The Morgan fingerprint density at radius 1 is 1.32 bits per heavy atom. The Labute approximate surface area is 113 Å². The van der Waals surface area contributed by atoms with Crippen molar-refractivity contribution >= 4 is 21.9 Å². The Kier molecular flexibility index (Phi) is 5.80. The normalized spacial score (nSPS) is 13.7. The van der Waals surface area contributed by atoms with Crippen molar-refractivity contribution in [2.75, 3.05) is 19.1 Å². The summed E-state index contributed by atoms with van der Waals surface area (Å²) in [5.41, 5.74) is -0.745. The van der Waals surface area contributed by atoms with Crippen molar-refractivity contribution in [2.45, 2.75) is 38.8 Å². The Balaban J connectivity index is 4.80. The number of carbonyl (C=O) groups excluding carboxylic acids is 1. The summed E-state index contributed by atoms with van der Waals surface area (Å²) in [5, 5.41) is 9.04. The van der Waals surface area contributed by atoms with E-state index in [0.29, 0.717) is 0 Å².